The molecule has 14 heavy (non-hydrogen) atoms. The smallest absolute Gasteiger partial charge is 0.0225 e. The SMILES string of the molecule is CC(C)C(C)(C)CN(C)CC(C)(C)N. The summed E-state index contributed by atoms with van der Waals surface area (Å²) < 4.78 is 0. The lowest BCUT2D eigenvalue weighted by atomic mass is 9.80. The number of hydrogen-bond acceptors (Lipinski definition) is 2. The number of rotatable bonds is 5. The van der Waals surface area contributed by atoms with E-state index in [0.29, 0.717) is 11.3 Å². The van der Waals surface area contributed by atoms with Crippen LogP contribution in [0.3, 0.4) is 0 Å². The van der Waals surface area contributed by atoms with Crippen molar-refractivity contribution < 1.29 is 0 Å². The Morgan fingerprint density at radius 1 is 1.07 bits per heavy atom. The van der Waals surface area contributed by atoms with Crippen LogP contribution < -0.4 is 5.73 Å². The molecule has 0 aliphatic rings. The van der Waals surface area contributed by atoms with Crippen LogP contribution in [-0.4, -0.2) is 30.6 Å². The van der Waals surface area contributed by atoms with E-state index in [1.165, 1.54) is 0 Å². The summed E-state index contributed by atoms with van der Waals surface area (Å²) in [5.41, 5.74) is 6.26. The summed E-state index contributed by atoms with van der Waals surface area (Å²) in [4.78, 5) is 2.33. The zero-order valence-electron chi connectivity index (χ0n) is 11.0. The summed E-state index contributed by atoms with van der Waals surface area (Å²) in [7, 11) is 2.15. The van der Waals surface area contributed by atoms with Gasteiger partial charge in [0.15, 0.2) is 0 Å². The van der Waals surface area contributed by atoms with Crippen LogP contribution >= 0.6 is 0 Å². The lowest BCUT2D eigenvalue weighted by Crippen LogP contribution is -2.47. The Morgan fingerprint density at radius 3 is 1.79 bits per heavy atom. The molecule has 0 aliphatic heterocycles. The molecular weight excluding hydrogens is 172 g/mol. The van der Waals surface area contributed by atoms with Gasteiger partial charge in [0.2, 0.25) is 0 Å². The molecule has 2 N–H and O–H groups in total. The molecular formula is C12H28N2. The van der Waals surface area contributed by atoms with Crippen molar-refractivity contribution in [3.8, 4) is 0 Å². The summed E-state index contributed by atoms with van der Waals surface area (Å²) in [6.45, 7) is 15.4. The van der Waals surface area contributed by atoms with Crippen LogP contribution in [0.4, 0.5) is 0 Å². The Bertz CT molecular complexity index is 166. The average Bonchev–Trinajstić information content (AvgIpc) is 1.79. The highest BCUT2D eigenvalue weighted by molar-refractivity contribution is 4.81. The van der Waals surface area contributed by atoms with Gasteiger partial charge in [-0.2, -0.15) is 0 Å². The zero-order valence-corrected chi connectivity index (χ0v) is 11.0. The molecule has 0 aromatic heterocycles. The van der Waals surface area contributed by atoms with Crippen molar-refractivity contribution in [2.75, 3.05) is 20.1 Å². The molecule has 0 fully saturated rings. The van der Waals surface area contributed by atoms with Crippen LogP contribution in [0, 0.1) is 11.3 Å². The Hall–Kier alpha value is -0.0800. The topological polar surface area (TPSA) is 29.3 Å². The van der Waals surface area contributed by atoms with Gasteiger partial charge in [0, 0.05) is 18.6 Å². The van der Waals surface area contributed by atoms with Crippen molar-refractivity contribution in [1.29, 1.82) is 0 Å². The monoisotopic (exact) mass is 200 g/mol. The summed E-state index contributed by atoms with van der Waals surface area (Å²) in [5.74, 6) is 0.700. The largest absolute Gasteiger partial charge is 0.324 e. The quantitative estimate of drug-likeness (QED) is 0.738. The first-order valence-corrected chi connectivity index (χ1v) is 5.52. The number of nitrogens with two attached hydrogens (primary N) is 1. The first-order chi connectivity index (χ1) is 6.04. The second-order valence-corrected chi connectivity index (χ2v) is 6.30. The van der Waals surface area contributed by atoms with E-state index in [1.807, 2.05) is 0 Å². The van der Waals surface area contributed by atoms with E-state index in [4.69, 9.17) is 5.73 Å². The molecule has 0 saturated heterocycles. The molecule has 0 aliphatic carbocycles. The molecule has 86 valence electrons. The van der Waals surface area contributed by atoms with Crippen molar-refractivity contribution in [2.24, 2.45) is 17.1 Å². The van der Waals surface area contributed by atoms with Crippen LogP contribution in [-0.2, 0) is 0 Å². The standard InChI is InChI=1S/C12H28N2/c1-10(2)11(3,4)8-14(7)9-12(5,6)13/h10H,8-9,13H2,1-7H3. The highest BCUT2D eigenvalue weighted by Crippen LogP contribution is 2.26. The van der Waals surface area contributed by atoms with Crippen molar-refractivity contribution in [2.45, 2.75) is 47.1 Å². The van der Waals surface area contributed by atoms with E-state index < -0.39 is 0 Å². The van der Waals surface area contributed by atoms with E-state index in [0.717, 1.165) is 13.1 Å². The van der Waals surface area contributed by atoms with Crippen molar-refractivity contribution in [1.82, 2.24) is 4.90 Å². The summed E-state index contributed by atoms with van der Waals surface area (Å²) in [6.07, 6.45) is 0. The molecule has 0 rings (SSSR count). The van der Waals surface area contributed by atoms with Crippen molar-refractivity contribution in [3.63, 3.8) is 0 Å². The normalized spacial score (nSPS) is 14.1. The fraction of sp³-hybridized carbons (Fsp3) is 1.00. The zero-order chi connectivity index (χ0) is 11.6. The molecule has 2 nitrogen and oxygen atoms in total. The Kier molecular flexibility index (Phi) is 4.60. The maximum atomic E-state index is 5.99. The van der Waals surface area contributed by atoms with Gasteiger partial charge in [-0.05, 0) is 32.2 Å². The fourth-order valence-corrected chi connectivity index (χ4v) is 1.63. The highest BCUT2D eigenvalue weighted by Gasteiger charge is 2.25. The molecule has 2 heteroatoms. The van der Waals surface area contributed by atoms with Crippen molar-refractivity contribution in [3.05, 3.63) is 0 Å². The fourth-order valence-electron chi connectivity index (χ4n) is 1.63. The number of hydrogen-bond donors (Lipinski definition) is 1. The number of likely N-dealkylation sites (N-methyl/N-ethyl adjacent to an activating group) is 1. The molecule has 0 radical (unpaired) electrons. The van der Waals surface area contributed by atoms with Gasteiger partial charge in [-0.3, -0.25) is 0 Å². The Labute approximate surface area is 89.9 Å². The summed E-state index contributed by atoms with van der Waals surface area (Å²) >= 11 is 0. The molecule has 0 unspecified atom stereocenters. The lowest BCUT2D eigenvalue weighted by Gasteiger charge is -2.36. The van der Waals surface area contributed by atoms with Crippen LogP contribution in [0.5, 0.6) is 0 Å². The molecule has 0 aromatic rings. The van der Waals surface area contributed by atoms with E-state index in [2.05, 4.69) is 53.5 Å². The van der Waals surface area contributed by atoms with Gasteiger partial charge in [0.1, 0.15) is 0 Å². The minimum Gasteiger partial charge on any atom is -0.324 e. The first kappa shape index (κ1) is 13.9. The van der Waals surface area contributed by atoms with Crippen LogP contribution in [0.2, 0.25) is 0 Å². The number of nitrogens with zero attached hydrogens (tertiary/aromatic N) is 1. The van der Waals surface area contributed by atoms with Crippen LogP contribution in [0.15, 0.2) is 0 Å². The summed E-state index contributed by atoms with van der Waals surface area (Å²) in [5, 5.41) is 0. The minimum absolute atomic E-state index is 0.0954. The predicted molar refractivity (Wildman–Crippen MR) is 64.4 cm³/mol. The highest BCUT2D eigenvalue weighted by atomic mass is 15.1. The van der Waals surface area contributed by atoms with E-state index >= 15 is 0 Å². The molecule has 0 bridgehead atoms. The molecule has 0 aromatic carbocycles. The van der Waals surface area contributed by atoms with Gasteiger partial charge in [0.05, 0.1) is 0 Å². The van der Waals surface area contributed by atoms with Gasteiger partial charge < -0.3 is 10.6 Å². The second kappa shape index (κ2) is 4.63. The third-order valence-corrected chi connectivity index (χ3v) is 2.92. The van der Waals surface area contributed by atoms with Gasteiger partial charge in [-0.25, -0.2) is 0 Å². The van der Waals surface area contributed by atoms with Gasteiger partial charge >= 0.3 is 0 Å². The van der Waals surface area contributed by atoms with E-state index in [9.17, 15) is 0 Å². The molecule has 0 saturated carbocycles. The predicted octanol–water partition coefficient (Wildman–Crippen LogP) is 2.34. The summed E-state index contributed by atoms with van der Waals surface area (Å²) in [6, 6.07) is 0. The molecule has 0 heterocycles. The maximum absolute atomic E-state index is 5.99. The Morgan fingerprint density at radius 2 is 1.50 bits per heavy atom. The van der Waals surface area contributed by atoms with Gasteiger partial charge in [-0.15, -0.1) is 0 Å². The van der Waals surface area contributed by atoms with Gasteiger partial charge in [-0.1, -0.05) is 27.7 Å². The van der Waals surface area contributed by atoms with Gasteiger partial charge in [0.25, 0.3) is 0 Å². The minimum atomic E-state index is -0.0954. The van der Waals surface area contributed by atoms with Crippen molar-refractivity contribution >= 4 is 0 Å². The second-order valence-electron chi connectivity index (χ2n) is 6.30. The third kappa shape index (κ3) is 5.61. The van der Waals surface area contributed by atoms with E-state index in [1.54, 1.807) is 0 Å². The average molecular weight is 200 g/mol. The molecule has 0 atom stereocenters. The van der Waals surface area contributed by atoms with Crippen LogP contribution in [0.25, 0.3) is 0 Å². The lowest BCUT2D eigenvalue weighted by molar-refractivity contribution is 0.140. The third-order valence-electron chi connectivity index (χ3n) is 2.92. The van der Waals surface area contributed by atoms with E-state index in [-0.39, 0.29) is 5.54 Å². The molecule has 0 spiro atoms. The maximum Gasteiger partial charge on any atom is 0.0225 e. The molecule has 0 amide bonds. The first-order valence-electron chi connectivity index (χ1n) is 5.52. The Balaban J connectivity index is 4.12. The van der Waals surface area contributed by atoms with Crippen LogP contribution in [0.1, 0.15) is 41.5 Å².